The van der Waals surface area contributed by atoms with E-state index < -0.39 is 0 Å². The molecule has 0 aliphatic rings. The molecule has 3 aromatic rings. The van der Waals surface area contributed by atoms with Gasteiger partial charge in [0.15, 0.2) is 0 Å². The Balaban J connectivity index is 2.00. The molecule has 0 fully saturated rings. The van der Waals surface area contributed by atoms with Gasteiger partial charge in [0.2, 0.25) is 0 Å². The SMILES string of the molecule is CCc1ccc(=N)n(/C=C(\C)Cn2cc(C)c3ccncc3c2=O)c1. The first-order valence-corrected chi connectivity index (χ1v) is 8.36. The third-order valence-electron chi connectivity index (χ3n) is 4.31. The van der Waals surface area contributed by atoms with E-state index in [1.807, 2.05) is 44.6 Å². The summed E-state index contributed by atoms with van der Waals surface area (Å²) in [5.74, 6) is 0. The van der Waals surface area contributed by atoms with Crippen molar-refractivity contribution in [3.63, 3.8) is 0 Å². The topological polar surface area (TPSA) is 63.7 Å². The lowest BCUT2D eigenvalue weighted by Crippen LogP contribution is -2.22. The second-order valence-corrected chi connectivity index (χ2v) is 6.33. The summed E-state index contributed by atoms with van der Waals surface area (Å²) in [6, 6.07) is 5.63. The Labute approximate surface area is 146 Å². The molecular formula is C20H22N4O. The van der Waals surface area contributed by atoms with Gasteiger partial charge in [0.05, 0.1) is 5.39 Å². The number of rotatable bonds is 4. The zero-order valence-electron chi connectivity index (χ0n) is 14.8. The maximum Gasteiger partial charge on any atom is 0.260 e. The fourth-order valence-electron chi connectivity index (χ4n) is 2.97. The van der Waals surface area contributed by atoms with E-state index >= 15 is 0 Å². The quantitative estimate of drug-likeness (QED) is 0.797. The Bertz CT molecular complexity index is 1070. The number of hydrogen-bond acceptors (Lipinski definition) is 3. The summed E-state index contributed by atoms with van der Waals surface area (Å²) < 4.78 is 3.51. The van der Waals surface area contributed by atoms with Crippen LogP contribution in [0.25, 0.3) is 17.0 Å². The number of pyridine rings is 3. The second kappa shape index (κ2) is 6.89. The fraction of sp³-hybridized carbons (Fsp3) is 0.250. The van der Waals surface area contributed by atoms with Crippen molar-refractivity contribution in [2.24, 2.45) is 0 Å². The molecule has 128 valence electrons. The van der Waals surface area contributed by atoms with Crippen molar-refractivity contribution < 1.29 is 0 Å². The third-order valence-corrected chi connectivity index (χ3v) is 4.31. The van der Waals surface area contributed by atoms with E-state index in [9.17, 15) is 4.79 Å². The standard InChI is InChI=1S/C20H22N4O/c1-4-16-5-6-19(21)23(13-16)10-14(2)11-24-12-15(3)17-7-8-22-9-18(17)20(24)25/h5-10,12-13,21H,4,11H2,1-3H3/b14-10+,21-19?. The molecule has 0 bridgehead atoms. The molecule has 0 aromatic carbocycles. The first-order valence-electron chi connectivity index (χ1n) is 8.36. The van der Waals surface area contributed by atoms with Crippen LogP contribution in [-0.2, 0) is 13.0 Å². The maximum absolute atomic E-state index is 12.7. The zero-order chi connectivity index (χ0) is 18.0. The van der Waals surface area contributed by atoms with E-state index in [4.69, 9.17) is 5.41 Å². The van der Waals surface area contributed by atoms with Crippen molar-refractivity contribution in [3.8, 4) is 0 Å². The number of aryl methyl sites for hydroxylation is 2. The number of allylic oxidation sites excluding steroid dienone is 1. The molecule has 0 radical (unpaired) electrons. The van der Waals surface area contributed by atoms with Crippen LogP contribution in [0.3, 0.4) is 0 Å². The monoisotopic (exact) mass is 334 g/mol. The van der Waals surface area contributed by atoms with Crippen molar-refractivity contribution in [2.45, 2.75) is 33.7 Å². The minimum Gasteiger partial charge on any atom is -0.311 e. The summed E-state index contributed by atoms with van der Waals surface area (Å²) in [5, 5.41) is 9.62. The average Bonchev–Trinajstić information content (AvgIpc) is 2.61. The van der Waals surface area contributed by atoms with Gasteiger partial charge in [-0.1, -0.05) is 13.0 Å². The van der Waals surface area contributed by atoms with Crippen LogP contribution in [0, 0.1) is 12.3 Å². The molecule has 0 spiro atoms. The molecular weight excluding hydrogens is 312 g/mol. The third kappa shape index (κ3) is 3.45. The van der Waals surface area contributed by atoms with Gasteiger partial charge in [-0.05, 0) is 54.5 Å². The van der Waals surface area contributed by atoms with E-state index in [1.54, 1.807) is 27.6 Å². The number of nitrogens with zero attached hydrogens (tertiary/aromatic N) is 3. The summed E-state index contributed by atoms with van der Waals surface area (Å²) >= 11 is 0. The number of aromatic nitrogens is 3. The van der Waals surface area contributed by atoms with Crippen molar-refractivity contribution in [1.82, 2.24) is 14.1 Å². The number of nitrogens with one attached hydrogen (secondary N) is 1. The molecule has 0 aliphatic heterocycles. The molecule has 0 saturated heterocycles. The van der Waals surface area contributed by atoms with Crippen LogP contribution in [-0.4, -0.2) is 14.1 Å². The van der Waals surface area contributed by atoms with Gasteiger partial charge in [-0.2, -0.15) is 0 Å². The Kier molecular flexibility index (Phi) is 4.65. The lowest BCUT2D eigenvalue weighted by Gasteiger charge is -2.11. The first-order chi connectivity index (χ1) is 12.0. The minimum absolute atomic E-state index is 0.0418. The summed E-state index contributed by atoms with van der Waals surface area (Å²) in [7, 11) is 0. The van der Waals surface area contributed by atoms with Gasteiger partial charge >= 0.3 is 0 Å². The molecule has 3 aromatic heterocycles. The van der Waals surface area contributed by atoms with Crippen molar-refractivity contribution in [1.29, 1.82) is 5.41 Å². The fourth-order valence-corrected chi connectivity index (χ4v) is 2.97. The van der Waals surface area contributed by atoms with Crippen LogP contribution < -0.4 is 11.0 Å². The van der Waals surface area contributed by atoms with Gasteiger partial charge in [0.25, 0.3) is 5.56 Å². The molecule has 5 heteroatoms. The molecule has 0 amide bonds. The van der Waals surface area contributed by atoms with Crippen LogP contribution in [0.5, 0.6) is 0 Å². The predicted octanol–water partition coefficient (Wildman–Crippen LogP) is 3.11. The lowest BCUT2D eigenvalue weighted by atomic mass is 10.1. The smallest absolute Gasteiger partial charge is 0.260 e. The highest BCUT2D eigenvalue weighted by Crippen LogP contribution is 2.13. The zero-order valence-corrected chi connectivity index (χ0v) is 14.8. The van der Waals surface area contributed by atoms with Crippen LogP contribution in [0.4, 0.5) is 0 Å². The highest BCUT2D eigenvalue weighted by molar-refractivity contribution is 5.83. The lowest BCUT2D eigenvalue weighted by molar-refractivity contribution is 0.749. The summed E-state index contributed by atoms with van der Waals surface area (Å²) in [4.78, 5) is 16.8. The van der Waals surface area contributed by atoms with Gasteiger partial charge < -0.3 is 9.13 Å². The predicted molar refractivity (Wildman–Crippen MR) is 100 cm³/mol. The average molecular weight is 334 g/mol. The van der Waals surface area contributed by atoms with Gasteiger partial charge in [-0.3, -0.25) is 15.2 Å². The van der Waals surface area contributed by atoms with Gasteiger partial charge in [-0.15, -0.1) is 0 Å². The molecule has 3 rings (SSSR count). The van der Waals surface area contributed by atoms with Crippen molar-refractivity contribution in [3.05, 3.63) is 75.5 Å². The molecule has 1 N–H and O–H groups in total. The number of fused-ring (bicyclic) bond motifs is 1. The summed E-state index contributed by atoms with van der Waals surface area (Å²) in [5.41, 5.74) is 3.59. The van der Waals surface area contributed by atoms with Gasteiger partial charge in [-0.25, -0.2) is 0 Å². The summed E-state index contributed by atoms with van der Waals surface area (Å²) in [6.45, 7) is 6.54. The molecule has 5 nitrogen and oxygen atoms in total. The number of hydrogen-bond donors (Lipinski definition) is 1. The molecule has 0 atom stereocenters. The maximum atomic E-state index is 12.7. The molecule has 25 heavy (non-hydrogen) atoms. The molecule has 3 heterocycles. The largest absolute Gasteiger partial charge is 0.311 e. The minimum atomic E-state index is -0.0418. The highest BCUT2D eigenvalue weighted by Gasteiger charge is 2.06. The van der Waals surface area contributed by atoms with E-state index in [-0.39, 0.29) is 5.56 Å². The molecule has 0 aliphatic carbocycles. The van der Waals surface area contributed by atoms with E-state index in [1.165, 1.54) is 5.56 Å². The van der Waals surface area contributed by atoms with Crippen molar-refractivity contribution in [2.75, 3.05) is 0 Å². The first kappa shape index (κ1) is 16.9. The Hall–Kier alpha value is -2.95. The van der Waals surface area contributed by atoms with Crippen LogP contribution in [0.2, 0.25) is 0 Å². The van der Waals surface area contributed by atoms with Gasteiger partial charge in [0, 0.05) is 37.5 Å². The van der Waals surface area contributed by atoms with E-state index in [0.29, 0.717) is 17.4 Å². The van der Waals surface area contributed by atoms with Gasteiger partial charge in [0.1, 0.15) is 5.49 Å². The Morgan fingerprint density at radius 3 is 2.80 bits per heavy atom. The molecule has 0 unspecified atom stereocenters. The van der Waals surface area contributed by atoms with Crippen molar-refractivity contribution >= 4 is 17.0 Å². The van der Waals surface area contributed by atoms with Crippen LogP contribution >= 0.6 is 0 Å². The highest BCUT2D eigenvalue weighted by atomic mass is 16.1. The second-order valence-electron chi connectivity index (χ2n) is 6.33. The summed E-state index contributed by atoms with van der Waals surface area (Å²) in [6.07, 6.45) is 10.0. The normalized spacial score (nSPS) is 11.9. The molecule has 0 saturated carbocycles. The van der Waals surface area contributed by atoms with E-state index in [0.717, 1.165) is 22.9 Å². The van der Waals surface area contributed by atoms with E-state index in [2.05, 4.69) is 11.9 Å². The Morgan fingerprint density at radius 1 is 1.24 bits per heavy atom. The van der Waals surface area contributed by atoms with Crippen LogP contribution in [0.1, 0.15) is 25.0 Å². The van der Waals surface area contributed by atoms with Crippen LogP contribution in [0.15, 0.2) is 53.4 Å². The Morgan fingerprint density at radius 2 is 2.04 bits per heavy atom.